The first-order valence-electron chi connectivity index (χ1n) is 13.1. The van der Waals surface area contributed by atoms with Gasteiger partial charge in [0.05, 0.1) is 0 Å². The zero-order chi connectivity index (χ0) is 24.4. The lowest BCUT2D eigenvalue weighted by molar-refractivity contribution is 0.465. The molecular weight excluding hydrogens is 451 g/mol. The molecule has 5 aromatic carbocycles. The molecule has 2 nitrogen and oxygen atoms in total. The summed E-state index contributed by atoms with van der Waals surface area (Å²) >= 11 is 0. The van der Waals surface area contributed by atoms with Crippen LogP contribution >= 0.6 is 0 Å². The van der Waals surface area contributed by atoms with Crippen LogP contribution in [0.25, 0.3) is 22.3 Å². The van der Waals surface area contributed by atoms with Crippen LogP contribution in [0.5, 0.6) is 23.0 Å². The molecule has 0 saturated carbocycles. The Morgan fingerprint density at radius 3 is 2.32 bits per heavy atom. The Hall–Kier alpha value is -4.24. The van der Waals surface area contributed by atoms with Crippen LogP contribution in [0.2, 0.25) is 0 Å². The number of aryl methyl sites for hydroxylation is 2. The Morgan fingerprint density at radius 2 is 1.41 bits per heavy atom. The summed E-state index contributed by atoms with van der Waals surface area (Å²) < 4.78 is 13.7. The van der Waals surface area contributed by atoms with Crippen LogP contribution in [0.1, 0.15) is 33.4 Å². The second-order valence-electron chi connectivity index (χ2n) is 11.0. The SMILES string of the molecule is Cc1cccc(-c2ccc3c4c2Oc2c5c(cc6c2-c2cc(C)ccc2C6)Cc2cccc(c2B54)O3)c1. The van der Waals surface area contributed by atoms with E-state index in [4.69, 9.17) is 9.47 Å². The van der Waals surface area contributed by atoms with Gasteiger partial charge in [-0.2, -0.15) is 0 Å². The van der Waals surface area contributed by atoms with Crippen molar-refractivity contribution in [3.63, 3.8) is 0 Å². The van der Waals surface area contributed by atoms with E-state index in [9.17, 15) is 0 Å². The van der Waals surface area contributed by atoms with Gasteiger partial charge in [-0.25, -0.2) is 0 Å². The summed E-state index contributed by atoms with van der Waals surface area (Å²) in [7, 11) is 0. The van der Waals surface area contributed by atoms with Gasteiger partial charge in [-0.1, -0.05) is 71.8 Å². The van der Waals surface area contributed by atoms with E-state index in [1.165, 1.54) is 66.5 Å². The number of fused-ring (bicyclic) bond motifs is 4. The first kappa shape index (κ1) is 19.9. The van der Waals surface area contributed by atoms with Gasteiger partial charge in [0.1, 0.15) is 23.0 Å². The fraction of sp³-hybridized carbons (Fsp3) is 0.118. The summed E-state index contributed by atoms with van der Waals surface area (Å²) in [5.74, 6) is 3.90. The van der Waals surface area contributed by atoms with E-state index in [0.717, 1.165) is 41.4 Å². The summed E-state index contributed by atoms with van der Waals surface area (Å²) in [4.78, 5) is 0. The summed E-state index contributed by atoms with van der Waals surface area (Å²) in [6.07, 6.45) is 1.88. The molecule has 0 saturated heterocycles. The van der Waals surface area contributed by atoms with Crippen molar-refractivity contribution in [2.45, 2.75) is 26.7 Å². The van der Waals surface area contributed by atoms with Crippen molar-refractivity contribution in [1.29, 1.82) is 0 Å². The third-order valence-corrected chi connectivity index (χ3v) is 8.72. The van der Waals surface area contributed by atoms with Crippen molar-refractivity contribution in [1.82, 2.24) is 0 Å². The van der Waals surface area contributed by atoms with Crippen LogP contribution in [-0.2, 0) is 12.8 Å². The average Bonchev–Trinajstić information content (AvgIpc) is 3.26. The number of benzene rings is 5. The van der Waals surface area contributed by atoms with Gasteiger partial charge in [0, 0.05) is 16.6 Å². The number of ether oxygens (including phenoxy) is 2. The largest absolute Gasteiger partial charge is 0.458 e. The Bertz CT molecular complexity index is 1870. The lowest BCUT2D eigenvalue weighted by Crippen LogP contribution is -2.61. The van der Waals surface area contributed by atoms with Crippen molar-refractivity contribution in [2.24, 2.45) is 0 Å². The van der Waals surface area contributed by atoms with E-state index >= 15 is 0 Å². The van der Waals surface area contributed by atoms with Crippen molar-refractivity contribution in [3.8, 4) is 45.3 Å². The van der Waals surface area contributed by atoms with E-state index in [1.807, 2.05) is 0 Å². The van der Waals surface area contributed by atoms with Crippen LogP contribution in [0.15, 0.2) is 78.9 Å². The third kappa shape index (κ3) is 2.52. The van der Waals surface area contributed by atoms with Crippen LogP contribution < -0.4 is 25.9 Å². The first-order valence-corrected chi connectivity index (χ1v) is 13.1. The molecule has 0 spiro atoms. The molecule has 0 fully saturated rings. The highest BCUT2D eigenvalue weighted by Gasteiger charge is 2.47. The lowest BCUT2D eigenvalue weighted by Gasteiger charge is -2.39. The molecule has 0 N–H and O–H groups in total. The predicted molar refractivity (Wildman–Crippen MR) is 150 cm³/mol. The fourth-order valence-corrected chi connectivity index (χ4v) is 7.19. The Kier molecular flexibility index (Phi) is 3.63. The molecule has 9 rings (SSSR count). The van der Waals surface area contributed by atoms with Gasteiger partial charge < -0.3 is 9.47 Å². The van der Waals surface area contributed by atoms with E-state index in [-0.39, 0.29) is 6.71 Å². The maximum Gasteiger partial charge on any atom is 0.261 e. The molecular formula is C34H23BO2. The predicted octanol–water partition coefficient (Wildman–Crippen LogP) is 6.17. The Labute approximate surface area is 216 Å². The van der Waals surface area contributed by atoms with Crippen molar-refractivity contribution >= 4 is 23.1 Å². The molecule has 0 radical (unpaired) electrons. The van der Waals surface area contributed by atoms with E-state index in [0.29, 0.717) is 0 Å². The topological polar surface area (TPSA) is 18.5 Å². The fourth-order valence-electron chi connectivity index (χ4n) is 7.19. The minimum Gasteiger partial charge on any atom is -0.458 e. The van der Waals surface area contributed by atoms with Crippen LogP contribution in [0, 0.1) is 13.8 Å². The molecule has 0 aromatic heterocycles. The van der Waals surface area contributed by atoms with Gasteiger partial charge in [-0.05, 0) is 89.2 Å². The molecule has 174 valence electrons. The maximum absolute atomic E-state index is 7.13. The molecule has 0 amide bonds. The Balaban J connectivity index is 1.40. The standard InChI is InChI=1S/C34H23BO2/c1-18-5-3-6-20(13-18)25-11-12-28-32-33(25)37-34-29-23(15-21-10-9-19(2)14-26(21)29)17-24-16-22-7-4-8-27(36-28)30(22)35(32)31(24)34/h3-14,17H,15-16H2,1-2H3. The van der Waals surface area contributed by atoms with Crippen LogP contribution in [0.3, 0.4) is 0 Å². The van der Waals surface area contributed by atoms with Gasteiger partial charge in [-0.3, -0.25) is 0 Å². The molecule has 1 aliphatic carbocycles. The minimum absolute atomic E-state index is 0.126. The molecule has 0 bridgehead atoms. The van der Waals surface area contributed by atoms with Gasteiger partial charge in [-0.15, -0.1) is 0 Å². The Morgan fingerprint density at radius 1 is 0.568 bits per heavy atom. The van der Waals surface area contributed by atoms with Gasteiger partial charge in [0.2, 0.25) is 0 Å². The minimum atomic E-state index is 0.126. The van der Waals surface area contributed by atoms with Crippen molar-refractivity contribution in [2.75, 3.05) is 0 Å². The molecule has 0 unspecified atom stereocenters. The molecule has 0 atom stereocenters. The summed E-state index contributed by atoms with van der Waals surface area (Å²) in [5.41, 5.74) is 16.8. The maximum atomic E-state index is 7.13. The van der Waals surface area contributed by atoms with Crippen LogP contribution in [-0.4, -0.2) is 6.71 Å². The van der Waals surface area contributed by atoms with E-state index in [1.54, 1.807) is 0 Å². The van der Waals surface area contributed by atoms with Gasteiger partial charge >= 0.3 is 0 Å². The van der Waals surface area contributed by atoms with E-state index < -0.39 is 0 Å². The molecule has 4 aliphatic rings. The molecule has 37 heavy (non-hydrogen) atoms. The second kappa shape index (κ2) is 6.74. The third-order valence-electron chi connectivity index (χ3n) is 8.72. The summed E-state index contributed by atoms with van der Waals surface area (Å²) in [6, 6.07) is 28.9. The zero-order valence-corrected chi connectivity index (χ0v) is 20.8. The quantitative estimate of drug-likeness (QED) is 0.265. The normalized spacial score (nSPS) is 14.4. The second-order valence-corrected chi connectivity index (χ2v) is 11.0. The van der Waals surface area contributed by atoms with Gasteiger partial charge in [0.25, 0.3) is 6.71 Å². The number of hydrogen-bond donors (Lipinski definition) is 0. The molecule has 5 aromatic rings. The molecule has 3 heterocycles. The summed E-state index contributed by atoms with van der Waals surface area (Å²) in [6.45, 7) is 4.46. The number of hydrogen-bond acceptors (Lipinski definition) is 2. The smallest absolute Gasteiger partial charge is 0.261 e. The molecule has 3 heteroatoms. The monoisotopic (exact) mass is 474 g/mol. The van der Waals surface area contributed by atoms with Crippen LogP contribution in [0.4, 0.5) is 0 Å². The lowest BCUT2D eigenvalue weighted by atomic mass is 9.31. The highest BCUT2D eigenvalue weighted by atomic mass is 16.5. The zero-order valence-electron chi connectivity index (χ0n) is 20.8. The molecule has 3 aliphatic heterocycles. The average molecular weight is 474 g/mol. The highest BCUT2D eigenvalue weighted by molar-refractivity contribution is 6.99. The van der Waals surface area contributed by atoms with Crippen molar-refractivity contribution in [3.05, 3.63) is 112 Å². The first-order chi connectivity index (χ1) is 18.1. The summed E-state index contributed by atoms with van der Waals surface area (Å²) in [5, 5.41) is 0. The van der Waals surface area contributed by atoms with E-state index in [2.05, 4.69) is 92.7 Å². The van der Waals surface area contributed by atoms with Gasteiger partial charge in [0.15, 0.2) is 0 Å². The highest BCUT2D eigenvalue weighted by Crippen LogP contribution is 2.49. The van der Waals surface area contributed by atoms with Crippen molar-refractivity contribution < 1.29 is 9.47 Å². The number of rotatable bonds is 1.